The van der Waals surface area contributed by atoms with Crippen LogP contribution in [0.3, 0.4) is 0 Å². The molecule has 3 aromatic carbocycles. The highest BCUT2D eigenvalue weighted by atomic mass is 35.5. The number of amides is 1. The number of nitrogens with one attached hydrogen (secondary N) is 1. The van der Waals surface area contributed by atoms with E-state index in [2.05, 4.69) is 10.4 Å². The van der Waals surface area contributed by atoms with Crippen LogP contribution in [0.4, 0.5) is 10.1 Å². The van der Waals surface area contributed by atoms with Crippen molar-refractivity contribution in [2.75, 3.05) is 5.32 Å². The fourth-order valence-electron chi connectivity index (χ4n) is 2.94. The number of carbonyl (C=O) groups excluding carboxylic acids is 1. The Morgan fingerprint density at radius 2 is 1.88 bits per heavy atom. The van der Waals surface area contributed by atoms with Gasteiger partial charge in [-0.2, -0.15) is 10.4 Å². The van der Waals surface area contributed by atoms with Crippen LogP contribution in [0.15, 0.2) is 79.1 Å². The molecule has 0 fully saturated rings. The minimum absolute atomic E-state index is 0.0108. The summed E-state index contributed by atoms with van der Waals surface area (Å²) in [6.07, 6.45) is 3.24. The Balaban J connectivity index is 1.35. The second-order valence-corrected chi connectivity index (χ2v) is 7.27. The number of aromatic nitrogens is 2. The third kappa shape index (κ3) is 4.94. The predicted octanol–water partition coefficient (Wildman–Crippen LogP) is 5.37. The standard InChI is InChI=1S/C24H16ClFN4O2/c25-19-13-28-30(14-19)21-7-5-20(6-8-21)29-24(31)17-3-9-22(10-4-17)32-15-18-2-1-16(12-27)11-23(18)26/h1-11,13-14H,15H2,(H,29,31). The number of nitrogens with zero attached hydrogens (tertiary/aromatic N) is 3. The van der Waals surface area contributed by atoms with Crippen molar-refractivity contribution in [2.24, 2.45) is 0 Å². The molecule has 6 nitrogen and oxygen atoms in total. The van der Waals surface area contributed by atoms with Gasteiger partial charge in [-0.1, -0.05) is 17.7 Å². The Morgan fingerprint density at radius 3 is 2.50 bits per heavy atom. The van der Waals surface area contributed by atoms with Crippen LogP contribution in [-0.2, 0) is 6.61 Å². The molecular formula is C24H16ClFN4O2. The molecule has 1 amide bonds. The molecule has 0 atom stereocenters. The highest BCUT2D eigenvalue weighted by Gasteiger charge is 2.09. The van der Waals surface area contributed by atoms with Crippen molar-refractivity contribution in [1.29, 1.82) is 5.26 Å². The highest BCUT2D eigenvalue weighted by molar-refractivity contribution is 6.30. The molecule has 0 aliphatic heterocycles. The van der Waals surface area contributed by atoms with Gasteiger partial charge in [0.1, 0.15) is 18.2 Å². The fraction of sp³-hybridized carbons (Fsp3) is 0.0417. The number of hydrogen-bond acceptors (Lipinski definition) is 4. The van der Waals surface area contributed by atoms with Crippen LogP contribution in [0, 0.1) is 17.1 Å². The summed E-state index contributed by atoms with van der Waals surface area (Å²) in [5.41, 5.74) is 2.49. The van der Waals surface area contributed by atoms with Crippen LogP contribution in [0.2, 0.25) is 5.02 Å². The molecule has 0 unspecified atom stereocenters. The molecule has 0 aliphatic rings. The summed E-state index contributed by atoms with van der Waals surface area (Å²) < 4.78 is 21.2. The smallest absolute Gasteiger partial charge is 0.255 e. The largest absolute Gasteiger partial charge is 0.489 e. The van der Waals surface area contributed by atoms with Crippen molar-refractivity contribution in [3.63, 3.8) is 0 Å². The molecule has 4 rings (SSSR count). The first-order valence-corrected chi connectivity index (χ1v) is 9.93. The van der Waals surface area contributed by atoms with Crippen molar-refractivity contribution in [3.8, 4) is 17.5 Å². The van der Waals surface area contributed by atoms with Gasteiger partial charge in [0.25, 0.3) is 5.91 Å². The van der Waals surface area contributed by atoms with Crippen molar-refractivity contribution in [2.45, 2.75) is 6.61 Å². The lowest BCUT2D eigenvalue weighted by Gasteiger charge is -2.09. The van der Waals surface area contributed by atoms with Crippen molar-refractivity contribution >= 4 is 23.2 Å². The number of halogens is 2. The number of rotatable bonds is 6. The van der Waals surface area contributed by atoms with E-state index in [0.717, 1.165) is 5.69 Å². The first kappa shape index (κ1) is 21.1. The molecule has 1 aromatic heterocycles. The summed E-state index contributed by atoms with van der Waals surface area (Å²) in [7, 11) is 0. The maximum Gasteiger partial charge on any atom is 0.255 e. The van der Waals surface area contributed by atoms with Gasteiger partial charge in [0, 0.05) is 23.0 Å². The lowest BCUT2D eigenvalue weighted by Crippen LogP contribution is -2.11. The zero-order valence-corrected chi connectivity index (χ0v) is 17.4. The fourth-order valence-corrected chi connectivity index (χ4v) is 3.08. The van der Waals surface area contributed by atoms with E-state index < -0.39 is 5.82 Å². The zero-order chi connectivity index (χ0) is 22.5. The van der Waals surface area contributed by atoms with E-state index in [1.807, 2.05) is 18.2 Å². The van der Waals surface area contributed by atoms with E-state index in [1.165, 1.54) is 18.2 Å². The Hall–Kier alpha value is -4.15. The summed E-state index contributed by atoms with van der Waals surface area (Å²) in [4.78, 5) is 12.5. The van der Waals surface area contributed by atoms with E-state index in [0.29, 0.717) is 27.6 Å². The third-order valence-electron chi connectivity index (χ3n) is 4.63. The molecule has 0 saturated carbocycles. The van der Waals surface area contributed by atoms with E-state index in [4.69, 9.17) is 21.6 Å². The average Bonchev–Trinajstić information content (AvgIpc) is 3.25. The SMILES string of the molecule is N#Cc1ccc(COc2ccc(C(=O)Nc3ccc(-n4cc(Cl)cn4)cc3)cc2)c(F)c1. The third-order valence-corrected chi connectivity index (χ3v) is 4.83. The number of nitriles is 1. The Morgan fingerprint density at radius 1 is 1.12 bits per heavy atom. The van der Waals surface area contributed by atoms with Crippen molar-refractivity contribution in [3.05, 3.63) is 107 Å². The van der Waals surface area contributed by atoms with Gasteiger partial charge < -0.3 is 10.1 Å². The van der Waals surface area contributed by atoms with Crippen molar-refractivity contribution < 1.29 is 13.9 Å². The Bertz CT molecular complexity index is 1300. The first-order valence-electron chi connectivity index (χ1n) is 9.55. The summed E-state index contributed by atoms with van der Waals surface area (Å²) in [6, 6.07) is 19.8. The second-order valence-electron chi connectivity index (χ2n) is 6.84. The van der Waals surface area contributed by atoms with Crippen LogP contribution in [-0.4, -0.2) is 15.7 Å². The lowest BCUT2D eigenvalue weighted by molar-refractivity contribution is 0.102. The zero-order valence-electron chi connectivity index (χ0n) is 16.6. The first-order chi connectivity index (χ1) is 15.5. The minimum Gasteiger partial charge on any atom is -0.489 e. The van der Waals surface area contributed by atoms with Crippen LogP contribution < -0.4 is 10.1 Å². The number of hydrogen-bond donors (Lipinski definition) is 1. The van der Waals surface area contributed by atoms with Gasteiger partial charge in [-0.05, 0) is 60.7 Å². The maximum absolute atomic E-state index is 13.9. The Kier molecular flexibility index (Phi) is 6.15. The number of carbonyl (C=O) groups is 1. The van der Waals surface area contributed by atoms with Gasteiger partial charge in [0.05, 0.1) is 28.5 Å². The highest BCUT2D eigenvalue weighted by Crippen LogP contribution is 2.19. The average molecular weight is 447 g/mol. The maximum atomic E-state index is 13.9. The molecule has 158 valence electrons. The van der Waals surface area contributed by atoms with Crippen LogP contribution in [0.25, 0.3) is 5.69 Å². The van der Waals surface area contributed by atoms with Crippen LogP contribution >= 0.6 is 11.6 Å². The molecule has 1 N–H and O–H groups in total. The number of benzene rings is 3. The quantitative estimate of drug-likeness (QED) is 0.432. The van der Waals surface area contributed by atoms with Gasteiger partial charge in [-0.25, -0.2) is 9.07 Å². The molecule has 0 radical (unpaired) electrons. The molecule has 32 heavy (non-hydrogen) atoms. The normalized spacial score (nSPS) is 10.4. The Labute approximate surface area is 188 Å². The molecule has 1 heterocycles. The van der Waals surface area contributed by atoms with E-state index >= 15 is 0 Å². The van der Waals surface area contributed by atoms with Gasteiger partial charge in [0.2, 0.25) is 0 Å². The van der Waals surface area contributed by atoms with Crippen molar-refractivity contribution in [1.82, 2.24) is 9.78 Å². The molecule has 0 aliphatic carbocycles. The number of anilines is 1. The lowest BCUT2D eigenvalue weighted by atomic mass is 10.1. The summed E-state index contributed by atoms with van der Waals surface area (Å²) in [5.74, 6) is -0.279. The van der Waals surface area contributed by atoms with E-state index in [1.54, 1.807) is 53.5 Å². The minimum atomic E-state index is -0.498. The molecule has 8 heteroatoms. The topological polar surface area (TPSA) is 79.9 Å². The number of ether oxygens (including phenoxy) is 1. The van der Waals surface area contributed by atoms with Gasteiger partial charge in [0.15, 0.2) is 0 Å². The summed E-state index contributed by atoms with van der Waals surface area (Å²) in [6.45, 7) is 0.0108. The van der Waals surface area contributed by atoms with Crippen LogP contribution in [0.1, 0.15) is 21.5 Å². The van der Waals surface area contributed by atoms with Crippen LogP contribution in [0.5, 0.6) is 5.75 Å². The van der Waals surface area contributed by atoms with Gasteiger partial charge in [-0.15, -0.1) is 0 Å². The molecule has 4 aromatic rings. The molecule has 0 spiro atoms. The summed E-state index contributed by atoms with van der Waals surface area (Å²) >= 11 is 5.88. The molecular weight excluding hydrogens is 431 g/mol. The van der Waals surface area contributed by atoms with E-state index in [-0.39, 0.29) is 18.1 Å². The van der Waals surface area contributed by atoms with Gasteiger partial charge >= 0.3 is 0 Å². The predicted molar refractivity (Wildman–Crippen MR) is 118 cm³/mol. The summed E-state index contributed by atoms with van der Waals surface area (Å²) in [5, 5.41) is 16.3. The molecule has 0 saturated heterocycles. The second kappa shape index (κ2) is 9.33. The monoisotopic (exact) mass is 446 g/mol. The van der Waals surface area contributed by atoms with Gasteiger partial charge in [-0.3, -0.25) is 4.79 Å². The van der Waals surface area contributed by atoms with E-state index in [9.17, 15) is 9.18 Å². The molecule has 0 bridgehead atoms.